The molecule has 3 nitrogen and oxygen atoms in total. The van der Waals surface area contributed by atoms with Gasteiger partial charge in [-0.25, -0.2) is 0 Å². The van der Waals surface area contributed by atoms with Crippen LogP contribution in [-0.4, -0.2) is 23.4 Å². The molecular weight excluding hydrogens is 188 g/mol. The zero-order chi connectivity index (χ0) is 11.3. The van der Waals surface area contributed by atoms with Crippen LogP contribution in [0.1, 0.15) is 46.0 Å². The smallest absolute Gasteiger partial charge is 0.223 e. The minimum atomic E-state index is -0.171. The van der Waals surface area contributed by atoms with E-state index in [1.54, 1.807) is 4.90 Å². The van der Waals surface area contributed by atoms with Crippen molar-refractivity contribution in [2.75, 3.05) is 6.54 Å². The van der Waals surface area contributed by atoms with E-state index in [1.165, 1.54) is 0 Å². The van der Waals surface area contributed by atoms with Crippen LogP contribution in [0, 0.1) is 17.2 Å². The number of likely N-dealkylation sites (tertiary alicyclic amines) is 1. The Labute approximate surface area is 92.1 Å². The normalized spacial score (nSPS) is 23.3. The molecule has 84 valence electrons. The number of carbonyl (C=O) groups is 1. The van der Waals surface area contributed by atoms with Gasteiger partial charge >= 0.3 is 0 Å². The summed E-state index contributed by atoms with van der Waals surface area (Å²) in [6.45, 7) is 4.95. The third-order valence-electron chi connectivity index (χ3n) is 3.19. The molecule has 2 atom stereocenters. The van der Waals surface area contributed by atoms with E-state index in [0.717, 1.165) is 32.2 Å². The zero-order valence-electron chi connectivity index (χ0n) is 9.70. The molecule has 0 aromatic heterocycles. The molecule has 2 unspecified atom stereocenters. The number of nitriles is 1. The molecule has 3 heteroatoms. The molecule has 1 aliphatic heterocycles. The van der Waals surface area contributed by atoms with Crippen molar-refractivity contribution in [2.24, 2.45) is 5.92 Å². The van der Waals surface area contributed by atoms with Gasteiger partial charge in [-0.1, -0.05) is 20.3 Å². The van der Waals surface area contributed by atoms with E-state index in [2.05, 4.69) is 19.9 Å². The highest BCUT2D eigenvalue weighted by molar-refractivity contribution is 5.77. The van der Waals surface area contributed by atoms with E-state index in [0.29, 0.717) is 12.3 Å². The highest BCUT2D eigenvalue weighted by atomic mass is 16.2. The summed E-state index contributed by atoms with van der Waals surface area (Å²) in [6.07, 6.45) is 4.59. The summed E-state index contributed by atoms with van der Waals surface area (Å²) < 4.78 is 0. The van der Waals surface area contributed by atoms with Gasteiger partial charge in [-0.3, -0.25) is 4.79 Å². The summed E-state index contributed by atoms with van der Waals surface area (Å²) in [4.78, 5) is 13.7. The fourth-order valence-corrected chi connectivity index (χ4v) is 1.92. The third kappa shape index (κ3) is 3.23. The Balaban J connectivity index is 2.53. The molecule has 0 N–H and O–H groups in total. The fraction of sp³-hybridized carbons (Fsp3) is 0.833. The van der Waals surface area contributed by atoms with Gasteiger partial charge in [0.25, 0.3) is 0 Å². The van der Waals surface area contributed by atoms with Crippen LogP contribution in [-0.2, 0) is 4.79 Å². The zero-order valence-corrected chi connectivity index (χ0v) is 9.70. The summed E-state index contributed by atoms with van der Waals surface area (Å²) >= 11 is 0. The molecule has 1 heterocycles. The summed E-state index contributed by atoms with van der Waals surface area (Å²) in [5, 5.41) is 8.96. The van der Waals surface area contributed by atoms with E-state index in [1.807, 2.05) is 0 Å². The number of rotatable bonds is 3. The van der Waals surface area contributed by atoms with Gasteiger partial charge in [0.05, 0.1) is 6.07 Å². The van der Waals surface area contributed by atoms with E-state index in [9.17, 15) is 4.79 Å². The average molecular weight is 208 g/mol. The molecule has 0 bridgehead atoms. The predicted molar refractivity (Wildman–Crippen MR) is 59.0 cm³/mol. The van der Waals surface area contributed by atoms with Crippen molar-refractivity contribution in [1.29, 1.82) is 5.26 Å². The van der Waals surface area contributed by atoms with Crippen LogP contribution in [0.5, 0.6) is 0 Å². The van der Waals surface area contributed by atoms with Gasteiger partial charge in [0.1, 0.15) is 6.04 Å². The maximum atomic E-state index is 11.9. The number of carbonyl (C=O) groups excluding carboxylic acids is 1. The molecule has 0 saturated carbocycles. The van der Waals surface area contributed by atoms with E-state index in [-0.39, 0.29) is 11.9 Å². The summed E-state index contributed by atoms with van der Waals surface area (Å²) in [6, 6.07) is 2.06. The van der Waals surface area contributed by atoms with Gasteiger partial charge < -0.3 is 4.90 Å². The summed E-state index contributed by atoms with van der Waals surface area (Å²) in [7, 11) is 0. The van der Waals surface area contributed by atoms with E-state index < -0.39 is 0 Å². The van der Waals surface area contributed by atoms with Crippen LogP contribution in [0.4, 0.5) is 0 Å². The van der Waals surface area contributed by atoms with Gasteiger partial charge in [0, 0.05) is 13.0 Å². The first-order valence-electron chi connectivity index (χ1n) is 5.88. The monoisotopic (exact) mass is 208 g/mol. The van der Waals surface area contributed by atoms with Gasteiger partial charge in [-0.15, -0.1) is 0 Å². The van der Waals surface area contributed by atoms with E-state index >= 15 is 0 Å². The second-order valence-corrected chi connectivity index (χ2v) is 4.45. The third-order valence-corrected chi connectivity index (χ3v) is 3.19. The van der Waals surface area contributed by atoms with Crippen molar-refractivity contribution in [3.63, 3.8) is 0 Å². The Morgan fingerprint density at radius 3 is 2.93 bits per heavy atom. The number of piperidine rings is 1. The maximum Gasteiger partial charge on any atom is 0.223 e. The van der Waals surface area contributed by atoms with Crippen LogP contribution in [0.2, 0.25) is 0 Å². The molecule has 0 radical (unpaired) electrons. The minimum Gasteiger partial charge on any atom is -0.327 e. The lowest BCUT2D eigenvalue weighted by Crippen LogP contribution is -2.43. The molecule has 0 aromatic rings. The molecule has 1 saturated heterocycles. The quantitative estimate of drug-likeness (QED) is 0.714. The van der Waals surface area contributed by atoms with Crippen molar-refractivity contribution in [3.8, 4) is 6.07 Å². The van der Waals surface area contributed by atoms with Crippen molar-refractivity contribution in [2.45, 2.75) is 52.0 Å². The molecular formula is C12H20N2O. The Kier molecular flexibility index (Phi) is 4.61. The Hall–Kier alpha value is -1.04. The second kappa shape index (κ2) is 5.75. The first kappa shape index (κ1) is 12.0. The standard InChI is InChI=1S/C12H20N2O/c1-3-10(2)8-12(15)14-7-5-4-6-11(14)9-13/h10-11H,3-8H2,1-2H3. The van der Waals surface area contributed by atoms with Gasteiger partial charge in [-0.05, 0) is 25.2 Å². The SMILES string of the molecule is CCC(C)CC(=O)N1CCCCC1C#N. The van der Waals surface area contributed by atoms with Crippen LogP contribution in [0.25, 0.3) is 0 Å². The lowest BCUT2D eigenvalue weighted by atomic mass is 9.99. The summed E-state index contributed by atoms with van der Waals surface area (Å²) in [5.41, 5.74) is 0. The van der Waals surface area contributed by atoms with Crippen molar-refractivity contribution in [3.05, 3.63) is 0 Å². The molecule has 1 amide bonds. The largest absolute Gasteiger partial charge is 0.327 e. The average Bonchev–Trinajstić information content (AvgIpc) is 2.28. The second-order valence-electron chi connectivity index (χ2n) is 4.45. The first-order chi connectivity index (χ1) is 7.19. The Morgan fingerprint density at radius 2 is 2.33 bits per heavy atom. The molecule has 0 aliphatic carbocycles. The van der Waals surface area contributed by atoms with E-state index in [4.69, 9.17) is 5.26 Å². The van der Waals surface area contributed by atoms with Crippen molar-refractivity contribution >= 4 is 5.91 Å². The van der Waals surface area contributed by atoms with Gasteiger partial charge in [0.2, 0.25) is 5.91 Å². The van der Waals surface area contributed by atoms with Crippen molar-refractivity contribution in [1.82, 2.24) is 4.90 Å². The predicted octanol–water partition coefficient (Wildman–Crippen LogP) is 2.33. The van der Waals surface area contributed by atoms with Crippen LogP contribution >= 0.6 is 0 Å². The lowest BCUT2D eigenvalue weighted by Gasteiger charge is -2.32. The Bertz CT molecular complexity index is 257. The van der Waals surface area contributed by atoms with Gasteiger partial charge in [-0.2, -0.15) is 5.26 Å². The highest BCUT2D eigenvalue weighted by Gasteiger charge is 2.26. The fourth-order valence-electron chi connectivity index (χ4n) is 1.92. The molecule has 15 heavy (non-hydrogen) atoms. The molecule has 1 rings (SSSR count). The van der Waals surface area contributed by atoms with Crippen LogP contribution in [0.15, 0.2) is 0 Å². The highest BCUT2D eigenvalue weighted by Crippen LogP contribution is 2.19. The van der Waals surface area contributed by atoms with Crippen LogP contribution in [0.3, 0.4) is 0 Å². The minimum absolute atomic E-state index is 0.163. The lowest BCUT2D eigenvalue weighted by molar-refractivity contribution is -0.134. The van der Waals surface area contributed by atoms with Crippen molar-refractivity contribution < 1.29 is 4.79 Å². The molecule has 1 fully saturated rings. The molecule has 0 spiro atoms. The maximum absolute atomic E-state index is 11.9. The number of nitrogens with zero attached hydrogens (tertiary/aromatic N) is 2. The first-order valence-corrected chi connectivity index (χ1v) is 5.88. The Morgan fingerprint density at radius 1 is 1.60 bits per heavy atom. The van der Waals surface area contributed by atoms with Crippen LogP contribution < -0.4 is 0 Å². The number of hydrogen-bond acceptors (Lipinski definition) is 2. The molecule has 1 aliphatic rings. The molecule has 0 aromatic carbocycles. The van der Waals surface area contributed by atoms with Gasteiger partial charge in [0.15, 0.2) is 0 Å². The number of amides is 1. The topological polar surface area (TPSA) is 44.1 Å². The summed E-state index contributed by atoms with van der Waals surface area (Å²) in [5.74, 6) is 0.592. The number of hydrogen-bond donors (Lipinski definition) is 0.